The molecule has 0 spiro atoms. The van der Waals surface area contributed by atoms with Crippen LogP contribution in [0.2, 0.25) is 0 Å². The lowest BCUT2D eigenvalue weighted by molar-refractivity contribution is -0.134. The van der Waals surface area contributed by atoms with Gasteiger partial charge >= 0.3 is 6.03 Å². The molecular weight excluding hydrogens is 282 g/mol. The Morgan fingerprint density at radius 1 is 1.27 bits per heavy atom. The molecule has 0 aromatic heterocycles. The summed E-state index contributed by atoms with van der Waals surface area (Å²) in [6, 6.07) is 8.47. The van der Waals surface area contributed by atoms with Gasteiger partial charge in [-0.25, -0.2) is 4.79 Å². The summed E-state index contributed by atoms with van der Waals surface area (Å²) in [4.78, 5) is 37.4. The molecule has 1 aromatic carbocycles. The molecule has 2 rings (SSSR count). The predicted molar refractivity (Wildman–Crippen MR) is 82.0 cm³/mol. The van der Waals surface area contributed by atoms with Gasteiger partial charge in [0.15, 0.2) is 0 Å². The fraction of sp³-hybridized carbons (Fsp3) is 0.438. The Hall–Kier alpha value is -2.37. The molecule has 1 atom stereocenters. The van der Waals surface area contributed by atoms with Gasteiger partial charge in [-0.3, -0.25) is 14.5 Å². The Morgan fingerprint density at radius 3 is 2.59 bits per heavy atom. The number of carbonyl (C=O) groups is 3. The fourth-order valence-electron chi connectivity index (χ4n) is 2.41. The zero-order chi connectivity index (χ0) is 16.2. The molecule has 1 unspecified atom stereocenters. The van der Waals surface area contributed by atoms with Crippen molar-refractivity contribution in [3.63, 3.8) is 0 Å². The molecule has 1 heterocycles. The van der Waals surface area contributed by atoms with Crippen LogP contribution in [-0.2, 0) is 15.1 Å². The van der Waals surface area contributed by atoms with E-state index in [4.69, 9.17) is 0 Å². The van der Waals surface area contributed by atoms with Gasteiger partial charge in [0.25, 0.3) is 5.91 Å². The number of urea groups is 1. The summed E-state index contributed by atoms with van der Waals surface area (Å²) in [5.74, 6) is -0.733. The molecule has 0 aliphatic carbocycles. The van der Waals surface area contributed by atoms with Crippen molar-refractivity contribution in [2.75, 3.05) is 13.1 Å². The number of carbonyl (C=O) groups excluding carboxylic acids is 3. The number of nitrogens with zero attached hydrogens (tertiary/aromatic N) is 1. The van der Waals surface area contributed by atoms with E-state index in [-0.39, 0.29) is 12.5 Å². The molecular formula is C16H21N3O3. The lowest BCUT2D eigenvalue weighted by Gasteiger charge is -2.22. The first-order valence-electron chi connectivity index (χ1n) is 7.45. The average Bonchev–Trinajstić information content (AvgIpc) is 2.73. The third-order valence-corrected chi connectivity index (χ3v) is 3.78. The maximum absolute atomic E-state index is 12.6. The fourth-order valence-corrected chi connectivity index (χ4v) is 2.41. The molecule has 6 heteroatoms. The van der Waals surface area contributed by atoms with Crippen LogP contribution in [0.5, 0.6) is 0 Å². The Labute approximate surface area is 129 Å². The number of hydrogen-bond acceptors (Lipinski definition) is 3. The maximum Gasteiger partial charge on any atom is 0.325 e. The van der Waals surface area contributed by atoms with Crippen LogP contribution in [0.1, 0.15) is 32.3 Å². The Bertz CT molecular complexity index is 573. The minimum atomic E-state index is -1.12. The van der Waals surface area contributed by atoms with Crippen LogP contribution < -0.4 is 10.6 Å². The molecule has 0 bridgehead atoms. The van der Waals surface area contributed by atoms with E-state index < -0.39 is 17.5 Å². The second-order valence-corrected chi connectivity index (χ2v) is 5.52. The summed E-state index contributed by atoms with van der Waals surface area (Å²) < 4.78 is 0. The highest BCUT2D eigenvalue weighted by Crippen LogP contribution is 2.28. The monoisotopic (exact) mass is 303 g/mol. The van der Waals surface area contributed by atoms with Gasteiger partial charge in [-0.2, -0.15) is 0 Å². The normalized spacial score (nSPS) is 20.9. The summed E-state index contributed by atoms with van der Waals surface area (Å²) in [5.41, 5.74) is -0.426. The first-order valence-corrected chi connectivity index (χ1v) is 7.45. The van der Waals surface area contributed by atoms with Crippen molar-refractivity contribution in [3.05, 3.63) is 35.9 Å². The number of nitrogens with one attached hydrogen (secondary N) is 2. The summed E-state index contributed by atoms with van der Waals surface area (Å²) in [7, 11) is 0. The van der Waals surface area contributed by atoms with Gasteiger partial charge in [0.2, 0.25) is 5.91 Å². The summed E-state index contributed by atoms with van der Waals surface area (Å²) in [5, 5.41) is 5.38. The third kappa shape index (κ3) is 3.10. The molecule has 1 saturated heterocycles. The number of hydrogen-bond donors (Lipinski definition) is 2. The van der Waals surface area contributed by atoms with E-state index in [2.05, 4.69) is 10.6 Å². The Morgan fingerprint density at radius 2 is 1.95 bits per heavy atom. The summed E-state index contributed by atoms with van der Waals surface area (Å²) >= 11 is 0. The predicted octanol–water partition coefficient (Wildman–Crippen LogP) is 1.37. The van der Waals surface area contributed by atoms with Crippen molar-refractivity contribution >= 4 is 17.8 Å². The number of rotatable bonds is 6. The molecule has 0 saturated carbocycles. The van der Waals surface area contributed by atoms with E-state index in [1.54, 1.807) is 31.2 Å². The zero-order valence-electron chi connectivity index (χ0n) is 12.9. The van der Waals surface area contributed by atoms with Crippen LogP contribution in [0, 0.1) is 0 Å². The number of unbranched alkanes of at least 4 members (excludes halogenated alkanes) is 1. The van der Waals surface area contributed by atoms with Crippen molar-refractivity contribution < 1.29 is 14.4 Å². The van der Waals surface area contributed by atoms with Gasteiger partial charge in [-0.1, -0.05) is 43.7 Å². The van der Waals surface area contributed by atoms with E-state index in [1.165, 1.54) is 0 Å². The van der Waals surface area contributed by atoms with E-state index in [0.717, 1.165) is 17.7 Å². The van der Waals surface area contributed by atoms with Crippen molar-refractivity contribution in [1.82, 2.24) is 15.5 Å². The summed E-state index contributed by atoms with van der Waals surface area (Å²) in [6.07, 6.45) is 1.84. The molecule has 1 aromatic rings. The molecule has 1 fully saturated rings. The highest BCUT2D eigenvalue weighted by Gasteiger charge is 2.49. The van der Waals surface area contributed by atoms with Crippen LogP contribution >= 0.6 is 0 Å². The van der Waals surface area contributed by atoms with Gasteiger partial charge in [0.1, 0.15) is 12.1 Å². The van der Waals surface area contributed by atoms with Crippen LogP contribution in [0.4, 0.5) is 4.79 Å². The van der Waals surface area contributed by atoms with Crippen molar-refractivity contribution in [2.45, 2.75) is 32.2 Å². The van der Waals surface area contributed by atoms with Crippen LogP contribution in [0.25, 0.3) is 0 Å². The number of amides is 4. The molecule has 0 radical (unpaired) electrons. The third-order valence-electron chi connectivity index (χ3n) is 3.78. The van der Waals surface area contributed by atoms with Crippen molar-refractivity contribution in [3.8, 4) is 0 Å². The number of benzene rings is 1. The van der Waals surface area contributed by atoms with Crippen molar-refractivity contribution in [1.29, 1.82) is 0 Å². The summed E-state index contributed by atoms with van der Waals surface area (Å²) in [6.45, 7) is 3.97. The minimum absolute atomic E-state index is 0.253. The van der Waals surface area contributed by atoms with Gasteiger partial charge in [-0.15, -0.1) is 0 Å². The molecule has 6 nitrogen and oxygen atoms in total. The molecule has 1 aliphatic rings. The van der Waals surface area contributed by atoms with Crippen LogP contribution in [0.3, 0.4) is 0 Å². The van der Waals surface area contributed by atoms with Gasteiger partial charge < -0.3 is 10.6 Å². The second kappa shape index (κ2) is 6.60. The molecule has 4 amide bonds. The standard InChI is InChI=1S/C16H21N3O3/c1-3-4-10-17-13(20)11-19-14(21)16(2,18-15(19)22)12-8-6-5-7-9-12/h5-9H,3-4,10-11H2,1-2H3,(H,17,20)(H,18,22). The first-order chi connectivity index (χ1) is 10.5. The highest BCUT2D eigenvalue weighted by atomic mass is 16.2. The topological polar surface area (TPSA) is 78.5 Å². The molecule has 1 aliphatic heterocycles. The van der Waals surface area contributed by atoms with E-state index in [9.17, 15) is 14.4 Å². The minimum Gasteiger partial charge on any atom is -0.355 e. The van der Waals surface area contributed by atoms with Crippen LogP contribution in [-0.4, -0.2) is 35.8 Å². The maximum atomic E-state index is 12.6. The number of imide groups is 1. The average molecular weight is 303 g/mol. The quantitative estimate of drug-likeness (QED) is 0.615. The Kier molecular flexibility index (Phi) is 4.80. The smallest absolute Gasteiger partial charge is 0.325 e. The van der Waals surface area contributed by atoms with E-state index >= 15 is 0 Å². The highest BCUT2D eigenvalue weighted by molar-refractivity contribution is 6.09. The lowest BCUT2D eigenvalue weighted by atomic mass is 9.92. The van der Waals surface area contributed by atoms with Crippen molar-refractivity contribution in [2.24, 2.45) is 0 Å². The van der Waals surface area contributed by atoms with Gasteiger partial charge in [0, 0.05) is 6.54 Å². The molecule has 2 N–H and O–H groups in total. The SMILES string of the molecule is CCCCNC(=O)CN1C(=O)NC(C)(c2ccccc2)C1=O. The van der Waals surface area contributed by atoms with Crippen LogP contribution in [0.15, 0.2) is 30.3 Å². The van der Waals surface area contributed by atoms with Gasteiger partial charge in [-0.05, 0) is 18.9 Å². The van der Waals surface area contributed by atoms with Gasteiger partial charge in [0.05, 0.1) is 0 Å². The second-order valence-electron chi connectivity index (χ2n) is 5.52. The molecule has 118 valence electrons. The zero-order valence-corrected chi connectivity index (χ0v) is 12.9. The largest absolute Gasteiger partial charge is 0.355 e. The molecule has 22 heavy (non-hydrogen) atoms. The first kappa shape index (κ1) is 16.0. The van der Waals surface area contributed by atoms with E-state index in [1.807, 2.05) is 13.0 Å². The Balaban J connectivity index is 2.07. The lowest BCUT2D eigenvalue weighted by Crippen LogP contribution is -2.43. The van der Waals surface area contributed by atoms with E-state index in [0.29, 0.717) is 12.1 Å².